The van der Waals surface area contributed by atoms with Gasteiger partial charge in [0.2, 0.25) is 5.76 Å². The van der Waals surface area contributed by atoms with Crippen LogP contribution in [0.4, 0.5) is 19.0 Å². The number of carbonyl (C=O) groups is 1. The Morgan fingerprint density at radius 2 is 2.05 bits per heavy atom. The number of carbonyl (C=O) groups excluding carboxylic acids is 1. The zero-order chi connectivity index (χ0) is 27.6. The number of aliphatic imine (C=N–C) groups is 1. The summed E-state index contributed by atoms with van der Waals surface area (Å²) in [5.41, 5.74) is 8.30. The average Bonchev–Trinajstić information content (AvgIpc) is 3.42. The largest absolute Gasteiger partial charge is 0.497 e. The fraction of sp³-hybridized carbons (Fsp3) is 0.250. The van der Waals surface area contributed by atoms with E-state index in [1.165, 1.54) is 6.07 Å². The highest BCUT2D eigenvalue weighted by atomic mass is 19.4. The quantitative estimate of drug-likeness (QED) is 0.326. The van der Waals surface area contributed by atoms with Crippen LogP contribution in [-0.2, 0) is 17.4 Å². The van der Waals surface area contributed by atoms with Gasteiger partial charge in [0.15, 0.2) is 17.4 Å². The van der Waals surface area contributed by atoms with E-state index in [1.807, 2.05) is 6.07 Å². The number of hydrogen-bond donors (Lipinski definition) is 1. The molecule has 1 atom stereocenters. The first-order valence-electron chi connectivity index (χ1n) is 12.2. The lowest BCUT2D eigenvalue weighted by atomic mass is 9.90. The molecule has 0 fully saturated rings. The number of pyridine rings is 1. The number of halogens is 3. The number of nitrogens with two attached hydrogens (primary N) is 1. The first-order valence-corrected chi connectivity index (χ1v) is 12.2. The Morgan fingerprint density at radius 3 is 2.77 bits per heavy atom. The molecule has 200 valence electrons. The van der Waals surface area contributed by atoms with Crippen molar-refractivity contribution in [2.24, 2.45) is 10.7 Å². The molecule has 1 aromatic carbocycles. The van der Waals surface area contributed by atoms with E-state index in [0.717, 1.165) is 12.5 Å². The van der Waals surface area contributed by atoms with Gasteiger partial charge in [-0.15, -0.1) is 0 Å². The number of alkyl halides is 3. The van der Waals surface area contributed by atoms with Crippen LogP contribution in [0.1, 0.15) is 30.8 Å². The molecule has 0 saturated heterocycles. The number of rotatable bonds is 7. The highest BCUT2D eigenvalue weighted by molar-refractivity contribution is 6.25. The summed E-state index contributed by atoms with van der Waals surface area (Å²) in [7, 11) is 1.55. The molecule has 3 aromatic heterocycles. The Hall–Kier alpha value is -4.38. The van der Waals surface area contributed by atoms with E-state index >= 15 is 0 Å². The van der Waals surface area contributed by atoms with E-state index in [0.29, 0.717) is 58.0 Å². The molecule has 1 aliphatic carbocycles. The van der Waals surface area contributed by atoms with Gasteiger partial charge in [-0.3, -0.25) is 9.78 Å². The van der Waals surface area contributed by atoms with E-state index in [9.17, 15) is 18.0 Å². The molecule has 0 aliphatic heterocycles. The third-order valence-corrected chi connectivity index (χ3v) is 6.28. The Morgan fingerprint density at radius 1 is 1.21 bits per heavy atom. The number of nitrogens with zero attached hydrogens (tertiary/aromatic N) is 4. The summed E-state index contributed by atoms with van der Waals surface area (Å²) in [4.78, 5) is 31.7. The summed E-state index contributed by atoms with van der Waals surface area (Å²) in [5, 5.41) is 0.631. The molecule has 5 rings (SSSR count). The van der Waals surface area contributed by atoms with Gasteiger partial charge in [0.05, 0.1) is 24.4 Å². The predicted octanol–water partition coefficient (Wildman–Crippen LogP) is 5.63. The van der Waals surface area contributed by atoms with E-state index in [-0.39, 0.29) is 12.2 Å². The molecule has 0 bridgehead atoms. The SMILES string of the molecule is COc1ccc2nc(-c3cccnc3)nc(N=C3CCCC=C3C(=O)C(N)Cc3ccc(C(F)(F)F)o3)c2c1. The number of aromatic nitrogens is 3. The summed E-state index contributed by atoms with van der Waals surface area (Å²) in [6.45, 7) is 0. The van der Waals surface area contributed by atoms with Crippen molar-refractivity contribution >= 4 is 28.2 Å². The van der Waals surface area contributed by atoms with Crippen molar-refractivity contribution in [1.29, 1.82) is 0 Å². The number of fused-ring (bicyclic) bond motifs is 1. The molecule has 39 heavy (non-hydrogen) atoms. The van der Waals surface area contributed by atoms with Crippen molar-refractivity contribution in [3.05, 3.63) is 78.0 Å². The number of ether oxygens (including phenoxy) is 1. The number of hydrogen-bond acceptors (Lipinski definition) is 8. The maximum absolute atomic E-state index is 13.4. The summed E-state index contributed by atoms with van der Waals surface area (Å²) in [6, 6.07) is 9.87. The zero-order valence-electron chi connectivity index (χ0n) is 20.9. The zero-order valence-corrected chi connectivity index (χ0v) is 20.9. The van der Waals surface area contributed by atoms with Crippen LogP contribution in [0.2, 0.25) is 0 Å². The fourth-order valence-electron chi connectivity index (χ4n) is 4.33. The number of Topliss-reactive ketones (excluding diaryl/α,β-unsaturated/α-hetero) is 1. The number of furan rings is 1. The summed E-state index contributed by atoms with van der Waals surface area (Å²) >= 11 is 0. The van der Waals surface area contributed by atoms with Gasteiger partial charge in [0, 0.05) is 35.3 Å². The number of allylic oxidation sites excluding steroid dienone is 1. The van der Waals surface area contributed by atoms with Crippen LogP contribution in [0.25, 0.3) is 22.3 Å². The Kier molecular flexibility index (Phi) is 7.25. The minimum atomic E-state index is -4.62. The smallest absolute Gasteiger partial charge is 0.449 e. The van der Waals surface area contributed by atoms with Crippen LogP contribution in [-0.4, -0.2) is 39.6 Å². The lowest BCUT2D eigenvalue weighted by Gasteiger charge is -2.18. The van der Waals surface area contributed by atoms with Crippen LogP contribution in [0.3, 0.4) is 0 Å². The topological polar surface area (TPSA) is 116 Å². The summed E-state index contributed by atoms with van der Waals surface area (Å²) in [5.74, 6) is -0.219. The molecule has 11 heteroatoms. The van der Waals surface area contributed by atoms with Gasteiger partial charge < -0.3 is 14.9 Å². The first kappa shape index (κ1) is 26.2. The van der Waals surface area contributed by atoms with Crippen LogP contribution >= 0.6 is 0 Å². The van der Waals surface area contributed by atoms with Gasteiger partial charge in [0.25, 0.3) is 0 Å². The molecule has 8 nitrogen and oxygen atoms in total. The minimum absolute atomic E-state index is 0.0203. The molecule has 3 heterocycles. The van der Waals surface area contributed by atoms with Crippen LogP contribution in [0.15, 0.2) is 75.9 Å². The van der Waals surface area contributed by atoms with E-state index in [2.05, 4.69) is 15.0 Å². The second-order valence-corrected chi connectivity index (χ2v) is 9.00. The maximum atomic E-state index is 13.4. The first-order chi connectivity index (χ1) is 18.7. The second kappa shape index (κ2) is 10.8. The number of methoxy groups -OCH3 is 1. The standard InChI is InChI=1S/C28H24F3N5O3/c1-38-17-8-10-23-20(13-17)27(36-26(34-23)16-5-4-12-33-15-16)35-22-7-3-2-6-19(22)25(37)21(32)14-18-9-11-24(39-18)28(29,30)31/h4-6,8-13,15,21H,2-3,7,14,32H2,1H3. The van der Waals surface area contributed by atoms with Crippen molar-refractivity contribution in [3.8, 4) is 17.1 Å². The van der Waals surface area contributed by atoms with Crippen molar-refractivity contribution in [1.82, 2.24) is 15.0 Å². The van der Waals surface area contributed by atoms with Crippen molar-refractivity contribution in [2.75, 3.05) is 7.11 Å². The molecule has 1 unspecified atom stereocenters. The fourth-order valence-corrected chi connectivity index (χ4v) is 4.33. The van der Waals surface area contributed by atoms with Gasteiger partial charge in [-0.05, 0) is 61.7 Å². The lowest BCUT2D eigenvalue weighted by Crippen LogP contribution is -2.36. The van der Waals surface area contributed by atoms with Gasteiger partial charge in [0.1, 0.15) is 11.5 Å². The molecular formula is C28H24F3N5O3. The molecule has 0 saturated carbocycles. The van der Waals surface area contributed by atoms with Crippen molar-refractivity contribution in [3.63, 3.8) is 0 Å². The number of benzene rings is 1. The molecular weight excluding hydrogens is 511 g/mol. The molecule has 2 N–H and O–H groups in total. The third-order valence-electron chi connectivity index (χ3n) is 6.28. The van der Waals surface area contributed by atoms with Gasteiger partial charge in [-0.1, -0.05) is 6.08 Å². The van der Waals surface area contributed by atoms with Gasteiger partial charge >= 0.3 is 6.18 Å². The van der Waals surface area contributed by atoms with Crippen LogP contribution < -0.4 is 10.5 Å². The van der Waals surface area contributed by atoms with Crippen LogP contribution in [0, 0.1) is 0 Å². The van der Waals surface area contributed by atoms with Crippen molar-refractivity contribution in [2.45, 2.75) is 37.9 Å². The van der Waals surface area contributed by atoms with Gasteiger partial charge in [-0.2, -0.15) is 13.2 Å². The van der Waals surface area contributed by atoms with Crippen LogP contribution in [0.5, 0.6) is 5.75 Å². The van der Waals surface area contributed by atoms with Crippen molar-refractivity contribution < 1.29 is 27.1 Å². The Balaban J connectivity index is 1.51. The third kappa shape index (κ3) is 5.73. The minimum Gasteiger partial charge on any atom is -0.497 e. The Bertz CT molecular complexity index is 1580. The molecule has 0 radical (unpaired) electrons. The summed E-state index contributed by atoms with van der Waals surface area (Å²) in [6.07, 6.45) is 2.17. The highest BCUT2D eigenvalue weighted by Gasteiger charge is 2.35. The molecule has 0 spiro atoms. The van der Waals surface area contributed by atoms with Gasteiger partial charge in [-0.25, -0.2) is 15.0 Å². The molecule has 1 aliphatic rings. The van der Waals surface area contributed by atoms with E-state index < -0.39 is 23.8 Å². The maximum Gasteiger partial charge on any atom is 0.449 e. The predicted molar refractivity (Wildman–Crippen MR) is 139 cm³/mol. The number of ketones is 1. The Labute approximate surface area is 221 Å². The van der Waals surface area contributed by atoms with E-state index in [1.54, 1.807) is 49.8 Å². The van der Waals surface area contributed by atoms with E-state index in [4.69, 9.17) is 19.9 Å². The molecule has 4 aromatic rings. The molecule has 0 amide bonds. The monoisotopic (exact) mass is 535 g/mol. The average molecular weight is 536 g/mol. The summed E-state index contributed by atoms with van der Waals surface area (Å²) < 4.78 is 49.0. The second-order valence-electron chi connectivity index (χ2n) is 9.00. The lowest BCUT2D eigenvalue weighted by molar-refractivity contribution is -0.153. The normalized spacial score (nSPS) is 15.8. The highest BCUT2D eigenvalue weighted by Crippen LogP contribution is 2.33.